The van der Waals surface area contributed by atoms with Gasteiger partial charge in [-0.1, -0.05) is 0 Å². The van der Waals surface area contributed by atoms with Crippen molar-refractivity contribution in [1.82, 2.24) is 10.3 Å². The number of carbonyl (C=O) groups excluding carboxylic acids is 1. The van der Waals surface area contributed by atoms with Gasteiger partial charge in [0.15, 0.2) is 0 Å². The van der Waals surface area contributed by atoms with Crippen LogP contribution < -0.4 is 10.1 Å². The van der Waals surface area contributed by atoms with Crippen LogP contribution in [0.4, 0.5) is 0 Å². The van der Waals surface area contributed by atoms with Crippen LogP contribution in [0.15, 0.2) is 18.5 Å². The number of hydrogen-bond donors (Lipinski definition) is 2. The van der Waals surface area contributed by atoms with Gasteiger partial charge in [0.1, 0.15) is 11.3 Å². The molecule has 102 valence electrons. The van der Waals surface area contributed by atoms with Crippen molar-refractivity contribution in [1.29, 1.82) is 0 Å². The Morgan fingerprint density at radius 1 is 1.53 bits per heavy atom. The lowest BCUT2D eigenvalue weighted by atomic mass is 9.95. The van der Waals surface area contributed by atoms with Gasteiger partial charge in [-0.3, -0.25) is 9.78 Å². The van der Waals surface area contributed by atoms with E-state index >= 15 is 0 Å². The molecule has 0 saturated heterocycles. The van der Waals surface area contributed by atoms with Crippen LogP contribution in [0.3, 0.4) is 0 Å². The van der Waals surface area contributed by atoms with Crippen LogP contribution in [-0.4, -0.2) is 34.6 Å². The first-order chi connectivity index (χ1) is 8.99. The Labute approximate surface area is 110 Å². The van der Waals surface area contributed by atoms with Gasteiger partial charge in [-0.05, 0) is 31.7 Å². The predicted octanol–water partition coefficient (Wildman–Crippen LogP) is 1.07. The first-order valence-corrected chi connectivity index (χ1v) is 6.03. The number of amides is 1. The van der Waals surface area contributed by atoms with Gasteiger partial charge in [0.25, 0.3) is 5.91 Å². The number of carboxylic acid groups (broad SMARTS) is 1. The van der Waals surface area contributed by atoms with E-state index in [0.717, 1.165) is 12.8 Å². The van der Waals surface area contributed by atoms with Crippen molar-refractivity contribution in [3.8, 4) is 5.75 Å². The highest BCUT2D eigenvalue weighted by Crippen LogP contribution is 2.40. The van der Waals surface area contributed by atoms with Crippen LogP contribution >= 0.6 is 0 Å². The Balaban J connectivity index is 2.22. The Hall–Kier alpha value is -2.11. The topological polar surface area (TPSA) is 88.5 Å². The normalized spacial score (nSPS) is 17.4. The summed E-state index contributed by atoms with van der Waals surface area (Å²) in [5.74, 6) is -1.17. The van der Waals surface area contributed by atoms with E-state index in [1.807, 2.05) is 0 Å². The van der Waals surface area contributed by atoms with Crippen molar-refractivity contribution in [3.63, 3.8) is 0 Å². The Bertz CT molecular complexity index is 513. The van der Waals surface area contributed by atoms with Crippen molar-refractivity contribution >= 4 is 11.9 Å². The van der Waals surface area contributed by atoms with Crippen LogP contribution in [0.2, 0.25) is 0 Å². The third-order valence-electron chi connectivity index (χ3n) is 3.46. The lowest BCUT2D eigenvalue weighted by molar-refractivity contribution is -0.144. The summed E-state index contributed by atoms with van der Waals surface area (Å²) in [4.78, 5) is 27.4. The lowest BCUT2D eigenvalue weighted by Crippen LogP contribution is -2.54. The second-order valence-corrected chi connectivity index (χ2v) is 4.81. The largest absolute Gasteiger partial charge is 0.494 e. The molecular weight excluding hydrogens is 248 g/mol. The van der Waals surface area contributed by atoms with Crippen LogP contribution in [0.25, 0.3) is 0 Å². The molecule has 1 amide bonds. The summed E-state index contributed by atoms with van der Waals surface area (Å²) in [5, 5.41) is 11.9. The summed E-state index contributed by atoms with van der Waals surface area (Å²) in [7, 11) is 1.44. The fraction of sp³-hybridized carbons (Fsp3) is 0.462. The van der Waals surface area contributed by atoms with E-state index in [0.29, 0.717) is 5.75 Å². The second kappa shape index (κ2) is 4.87. The summed E-state index contributed by atoms with van der Waals surface area (Å²) in [5.41, 5.74) is -0.948. The molecule has 1 fully saturated rings. The number of methoxy groups -OCH3 is 1. The average molecular weight is 264 g/mol. The van der Waals surface area contributed by atoms with E-state index in [4.69, 9.17) is 4.74 Å². The molecule has 0 aliphatic heterocycles. The van der Waals surface area contributed by atoms with Gasteiger partial charge in [0.05, 0.1) is 18.9 Å². The number of carbonyl (C=O) groups is 2. The number of aliphatic carboxylic acids is 1. The Morgan fingerprint density at radius 2 is 2.21 bits per heavy atom. The Kier molecular flexibility index (Phi) is 3.42. The third kappa shape index (κ3) is 2.52. The highest BCUT2D eigenvalue weighted by molar-refractivity contribution is 5.99. The van der Waals surface area contributed by atoms with Crippen LogP contribution in [-0.2, 0) is 4.79 Å². The maximum atomic E-state index is 12.2. The zero-order valence-electron chi connectivity index (χ0n) is 10.8. The minimum atomic E-state index is -1.23. The molecule has 1 aromatic rings. The molecule has 1 heterocycles. The highest BCUT2D eigenvalue weighted by atomic mass is 16.5. The quantitative estimate of drug-likeness (QED) is 0.830. The number of aromatic nitrogens is 1. The summed E-state index contributed by atoms with van der Waals surface area (Å²) in [6.45, 7) is 1.54. The van der Waals surface area contributed by atoms with Crippen LogP contribution in [0, 0.1) is 5.92 Å². The molecule has 1 atom stereocenters. The summed E-state index contributed by atoms with van der Waals surface area (Å²) >= 11 is 0. The van der Waals surface area contributed by atoms with E-state index in [2.05, 4.69) is 10.3 Å². The van der Waals surface area contributed by atoms with E-state index in [1.54, 1.807) is 6.92 Å². The maximum absolute atomic E-state index is 12.2. The number of hydrogen-bond acceptors (Lipinski definition) is 4. The van der Waals surface area contributed by atoms with Crippen molar-refractivity contribution in [2.75, 3.05) is 7.11 Å². The first-order valence-electron chi connectivity index (χ1n) is 6.03. The molecule has 0 aromatic carbocycles. The van der Waals surface area contributed by atoms with Gasteiger partial charge in [-0.25, -0.2) is 4.79 Å². The standard InChI is InChI=1S/C13H16N2O4/c1-13(12(17)18,8-3-4-8)15-11(16)9-5-6-14-7-10(9)19-2/h5-8H,3-4H2,1-2H3,(H,15,16)(H,17,18). The third-order valence-corrected chi connectivity index (χ3v) is 3.46. The van der Waals surface area contributed by atoms with Crippen molar-refractivity contribution < 1.29 is 19.4 Å². The minimum Gasteiger partial charge on any atom is -0.494 e. The van der Waals surface area contributed by atoms with Crippen LogP contribution in [0.1, 0.15) is 30.1 Å². The molecule has 2 N–H and O–H groups in total. The number of carboxylic acids is 1. The van der Waals surface area contributed by atoms with E-state index in [9.17, 15) is 14.7 Å². The van der Waals surface area contributed by atoms with E-state index in [-0.39, 0.29) is 11.5 Å². The molecule has 6 nitrogen and oxygen atoms in total. The fourth-order valence-corrected chi connectivity index (χ4v) is 2.02. The van der Waals surface area contributed by atoms with Crippen molar-refractivity contribution in [2.24, 2.45) is 5.92 Å². The number of ether oxygens (including phenoxy) is 1. The SMILES string of the molecule is COc1cnccc1C(=O)NC(C)(C(=O)O)C1CC1. The van der Waals surface area contributed by atoms with Gasteiger partial charge in [-0.15, -0.1) is 0 Å². The number of pyridine rings is 1. The minimum absolute atomic E-state index is 0.0122. The second-order valence-electron chi connectivity index (χ2n) is 4.81. The summed E-state index contributed by atoms with van der Waals surface area (Å²) < 4.78 is 5.05. The summed E-state index contributed by atoms with van der Waals surface area (Å²) in [6, 6.07) is 1.50. The molecule has 0 bridgehead atoms. The van der Waals surface area contributed by atoms with Gasteiger partial charge in [-0.2, -0.15) is 0 Å². The van der Waals surface area contributed by atoms with Gasteiger partial charge >= 0.3 is 5.97 Å². The van der Waals surface area contributed by atoms with Crippen LogP contribution in [0.5, 0.6) is 5.75 Å². The molecule has 6 heteroatoms. The lowest BCUT2D eigenvalue weighted by Gasteiger charge is -2.26. The number of nitrogens with zero attached hydrogens (tertiary/aromatic N) is 1. The van der Waals surface area contributed by atoms with Gasteiger partial charge in [0, 0.05) is 6.20 Å². The molecule has 0 spiro atoms. The highest BCUT2D eigenvalue weighted by Gasteiger charge is 2.48. The molecule has 1 aliphatic carbocycles. The smallest absolute Gasteiger partial charge is 0.329 e. The van der Waals surface area contributed by atoms with E-state index < -0.39 is 17.4 Å². The fourth-order valence-electron chi connectivity index (χ4n) is 2.02. The zero-order valence-corrected chi connectivity index (χ0v) is 10.8. The molecule has 0 radical (unpaired) electrons. The summed E-state index contributed by atoms with van der Waals surface area (Å²) in [6.07, 6.45) is 4.52. The molecule has 1 unspecified atom stereocenters. The average Bonchev–Trinajstić information content (AvgIpc) is 3.22. The molecule has 19 heavy (non-hydrogen) atoms. The molecule has 2 rings (SSSR count). The van der Waals surface area contributed by atoms with Gasteiger partial charge < -0.3 is 15.2 Å². The maximum Gasteiger partial charge on any atom is 0.329 e. The Morgan fingerprint density at radius 3 is 2.74 bits per heavy atom. The van der Waals surface area contributed by atoms with Crippen molar-refractivity contribution in [2.45, 2.75) is 25.3 Å². The van der Waals surface area contributed by atoms with E-state index in [1.165, 1.54) is 25.6 Å². The number of nitrogens with one attached hydrogen (secondary N) is 1. The predicted molar refractivity (Wildman–Crippen MR) is 67.0 cm³/mol. The molecule has 1 aliphatic rings. The number of rotatable bonds is 5. The monoisotopic (exact) mass is 264 g/mol. The molecular formula is C13H16N2O4. The van der Waals surface area contributed by atoms with Crippen molar-refractivity contribution in [3.05, 3.63) is 24.0 Å². The molecule has 1 saturated carbocycles. The van der Waals surface area contributed by atoms with Gasteiger partial charge in [0.2, 0.25) is 0 Å². The molecule has 1 aromatic heterocycles. The first kappa shape index (κ1) is 13.3. The zero-order chi connectivity index (χ0) is 14.0.